The number of amidine groups is 1. The van der Waals surface area contributed by atoms with E-state index in [0.717, 1.165) is 35.2 Å². The van der Waals surface area contributed by atoms with E-state index in [0.29, 0.717) is 12.1 Å². The lowest BCUT2D eigenvalue weighted by atomic mass is 9.93. The minimum atomic E-state index is 0.313. The van der Waals surface area contributed by atoms with Crippen molar-refractivity contribution in [2.45, 2.75) is 32.9 Å². The number of anilines is 1. The Hall–Kier alpha value is -1.26. The van der Waals surface area contributed by atoms with Gasteiger partial charge in [0.25, 0.3) is 0 Å². The van der Waals surface area contributed by atoms with Gasteiger partial charge in [-0.25, -0.2) is 5.01 Å². The predicted octanol–water partition coefficient (Wildman–Crippen LogP) is 3.06. The molecule has 1 atom stereocenters. The van der Waals surface area contributed by atoms with E-state index in [2.05, 4.69) is 41.3 Å². The summed E-state index contributed by atoms with van der Waals surface area (Å²) < 4.78 is 0. The van der Waals surface area contributed by atoms with Gasteiger partial charge in [-0.3, -0.25) is 0 Å². The molecule has 0 saturated carbocycles. The van der Waals surface area contributed by atoms with Gasteiger partial charge in [-0.15, -0.1) is 0 Å². The molecule has 0 aromatic heterocycles. The molecule has 0 aliphatic carbocycles. The summed E-state index contributed by atoms with van der Waals surface area (Å²) in [6.07, 6.45) is 2.70. The SMILES string of the molecule is CC1=NN(c2ccc(Cl)c(C)c2)C(C2CCNCC2)N1C. The molecule has 0 amide bonds. The summed E-state index contributed by atoms with van der Waals surface area (Å²) >= 11 is 6.16. The molecule has 2 heterocycles. The van der Waals surface area contributed by atoms with Crippen LogP contribution in [-0.2, 0) is 0 Å². The number of piperidine rings is 1. The molecule has 0 radical (unpaired) electrons. The van der Waals surface area contributed by atoms with Crippen LogP contribution in [0.3, 0.4) is 0 Å². The Morgan fingerprint density at radius 3 is 2.62 bits per heavy atom. The fourth-order valence-corrected chi connectivity index (χ4v) is 3.40. The van der Waals surface area contributed by atoms with Crippen LogP contribution in [-0.4, -0.2) is 37.0 Å². The average molecular weight is 307 g/mol. The summed E-state index contributed by atoms with van der Waals surface area (Å²) in [5.41, 5.74) is 2.23. The summed E-state index contributed by atoms with van der Waals surface area (Å²) in [7, 11) is 2.15. The molecule has 114 valence electrons. The van der Waals surface area contributed by atoms with Gasteiger partial charge in [0.2, 0.25) is 0 Å². The summed E-state index contributed by atoms with van der Waals surface area (Å²) in [5.74, 6) is 1.71. The van der Waals surface area contributed by atoms with Crippen molar-refractivity contribution in [3.63, 3.8) is 0 Å². The van der Waals surface area contributed by atoms with Gasteiger partial charge in [0.1, 0.15) is 12.0 Å². The Bertz CT molecular complexity index is 551. The zero-order valence-corrected chi connectivity index (χ0v) is 13.7. The number of rotatable bonds is 2. The van der Waals surface area contributed by atoms with Crippen molar-refractivity contribution in [3.8, 4) is 0 Å². The maximum absolute atomic E-state index is 6.16. The van der Waals surface area contributed by atoms with E-state index in [-0.39, 0.29) is 0 Å². The maximum Gasteiger partial charge on any atom is 0.127 e. The van der Waals surface area contributed by atoms with Gasteiger partial charge in [0.15, 0.2) is 0 Å². The van der Waals surface area contributed by atoms with Gasteiger partial charge in [-0.1, -0.05) is 11.6 Å². The standard InChI is InChI=1S/C16H23ClN4/c1-11-10-14(4-5-15(11)17)21-16(20(3)12(2)19-21)13-6-8-18-9-7-13/h4-5,10,13,16,18H,6-9H2,1-3H3. The van der Waals surface area contributed by atoms with Crippen molar-refractivity contribution in [2.75, 3.05) is 25.1 Å². The maximum atomic E-state index is 6.16. The molecular formula is C16H23ClN4. The third kappa shape index (κ3) is 2.74. The number of hydrogen-bond acceptors (Lipinski definition) is 4. The van der Waals surface area contributed by atoms with Gasteiger partial charge in [0.05, 0.1) is 5.69 Å². The molecule has 0 spiro atoms. The monoisotopic (exact) mass is 306 g/mol. The lowest BCUT2D eigenvalue weighted by molar-refractivity contribution is 0.222. The van der Waals surface area contributed by atoms with E-state index in [1.54, 1.807) is 0 Å². The van der Waals surface area contributed by atoms with Crippen LogP contribution in [0.2, 0.25) is 5.02 Å². The lowest BCUT2D eigenvalue weighted by Crippen LogP contribution is -2.48. The Morgan fingerprint density at radius 2 is 1.95 bits per heavy atom. The second kappa shape index (κ2) is 5.85. The number of aryl methyl sites for hydroxylation is 1. The summed E-state index contributed by atoms with van der Waals surface area (Å²) in [6, 6.07) is 6.17. The van der Waals surface area contributed by atoms with Gasteiger partial charge < -0.3 is 10.2 Å². The normalized spacial score (nSPS) is 23.6. The highest BCUT2D eigenvalue weighted by Gasteiger charge is 2.37. The number of hydrogen-bond donors (Lipinski definition) is 1. The Morgan fingerprint density at radius 1 is 1.24 bits per heavy atom. The molecule has 0 bridgehead atoms. The van der Waals surface area contributed by atoms with Crippen LogP contribution in [0.25, 0.3) is 0 Å². The van der Waals surface area contributed by atoms with Crippen LogP contribution in [0.1, 0.15) is 25.3 Å². The van der Waals surface area contributed by atoms with Crippen LogP contribution >= 0.6 is 11.6 Å². The van der Waals surface area contributed by atoms with Crippen molar-refractivity contribution >= 4 is 23.1 Å². The number of halogens is 1. The molecule has 1 fully saturated rings. The third-order valence-electron chi connectivity index (χ3n) is 4.62. The van der Waals surface area contributed by atoms with Crippen LogP contribution in [0.4, 0.5) is 5.69 Å². The van der Waals surface area contributed by atoms with Gasteiger partial charge in [-0.2, -0.15) is 5.10 Å². The molecule has 5 heteroatoms. The zero-order valence-electron chi connectivity index (χ0n) is 12.9. The average Bonchev–Trinajstić information content (AvgIpc) is 2.79. The first kappa shape index (κ1) is 14.7. The lowest BCUT2D eigenvalue weighted by Gasteiger charge is -2.37. The second-order valence-corrected chi connectivity index (χ2v) is 6.44. The molecule has 1 saturated heterocycles. The molecule has 4 nitrogen and oxygen atoms in total. The molecule has 21 heavy (non-hydrogen) atoms. The minimum Gasteiger partial charge on any atom is -0.340 e. The number of nitrogens with one attached hydrogen (secondary N) is 1. The first-order valence-corrected chi connectivity index (χ1v) is 8.00. The molecular weight excluding hydrogens is 284 g/mol. The second-order valence-electron chi connectivity index (χ2n) is 6.04. The molecule has 2 aliphatic heterocycles. The fourth-order valence-electron chi connectivity index (χ4n) is 3.28. The van der Waals surface area contributed by atoms with E-state index in [1.807, 2.05) is 13.0 Å². The van der Waals surface area contributed by atoms with Crippen LogP contribution < -0.4 is 10.3 Å². The van der Waals surface area contributed by atoms with Crippen LogP contribution in [0.5, 0.6) is 0 Å². The molecule has 1 aromatic carbocycles. The third-order valence-corrected chi connectivity index (χ3v) is 5.05. The summed E-state index contributed by atoms with van der Waals surface area (Å²) in [6.45, 7) is 6.32. The number of hydrazone groups is 1. The topological polar surface area (TPSA) is 30.9 Å². The van der Waals surface area contributed by atoms with E-state index < -0.39 is 0 Å². The number of benzene rings is 1. The molecule has 1 unspecified atom stereocenters. The summed E-state index contributed by atoms with van der Waals surface area (Å²) in [5, 5.41) is 11.2. The largest absolute Gasteiger partial charge is 0.340 e. The molecule has 1 N–H and O–H groups in total. The zero-order chi connectivity index (χ0) is 15.0. The van der Waals surface area contributed by atoms with Crippen molar-refractivity contribution in [3.05, 3.63) is 28.8 Å². The Kier molecular flexibility index (Phi) is 4.09. The molecule has 1 aromatic rings. The highest BCUT2D eigenvalue weighted by molar-refractivity contribution is 6.31. The molecule has 3 rings (SSSR count). The highest BCUT2D eigenvalue weighted by Crippen LogP contribution is 2.33. The Labute approximate surface area is 131 Å². The highest BCUT2D eigenvalue weighted by atomic mass is 35.5. The van der Waals surface area contributed by atoms with Gasteiger partial charge in [0, 0.05) is 18.0 Å². The first-order chi connectivity index (χ1) is 10.1. The van der Waals surface area contributed by atoms with E-state index in [9.17, 15) is 0 Å². The smallest absolute Gasteiger partial charge is 0.127 e. The quantitative estimate of drug-likeness (QED) is 0.911. The van der Waals surface area contributed by atoms with Crippen molar-refractivity contribution in [1.29, 1.82) is 0 Å². The van der Waals surface area contributed by atoms with Gasteiger partial charge >= 0.3 is 0 Å². The van der Waals surface area contributed by atoms with Gasteiger partial charge in [-0.05, 0) is 63.5 Å². The summed E-state index contributed by atoms with van der Waals surface area (Å²) in [4.78, 5) is 2.31. The minimum absolute atomic E-state index is 0.313. The van der Waals surface area contributed by atoms with Crippen LogP contribution in [0.15, 0.2) is 23.3 Å². The van der Waals surface area contributed by atoms with E-state index in [4.69, 9.17) is 16.7 Å². The predicted molar refractivity (Wildman–Crippen MR) is 88.9 cm³/mol. The van der Waals surface area contributed by atoms with E-state index >= 15 is 0 Å². The van der Waals surface area contributed by atoms with E-state index in [1.165, 1.54) is 12.8 Å². The molecule has 2 aliphatic rings. The van der Waals surface area contributed by atoms with Crippen LogP contribution in [0, 0.1) is 12.8 Å². The fraction of sp³-hybridized carbons (Fsp3) is 0.562. The van der Waals surface area contributed by atoms with Crippen molar-refractivity contribution in [2.24, 2.45) is 11.0 Å². The first-order valence-electron chi connectivity index (χ1n) is 7.62. The Balaban J connectivity index is 1.91. The van der Waals surface area contributed by atoms with Crippen molar-refractivity contribution in [1.82, 2.24) is 10.2 Å². The van der Waals surface area contributed by atoms with Crippen molar-refractivity contribution < 1.29 is 0 Å². The number of nitrogens with zero attached hydrogens (tertiary/aromatic N) is 3.